The normalized spacial score (nSPS) is 16.4. The van der Waals surface area contributed by atoms with Gasteiger partial charge in [0.1, 0.15) is 5.75 Å². The van der Waals surface area contributed by atoms with Gasteiger partial charge in [0, 0.05) is 13.2 Å². The molecule has 2 N–H and O–H groups in total. The van der Waals surface area contributed by atoms with Gasteiger partial charge in [-0.15, -0.1) is 0 Å². The van der Waals surface area contributed by atoms with Crippen LogP contribution in [0.1, 0.15) is 32.1 Å². The lowest BCUT2D eigenvalue weighted by atomic mass is 10.3. The molecule has 0 aromatic heterocycles. The molecule has 2 rings (SSSR count). The number of rotatable bonds is 7. The van der Waals surface area contributed by atoms with Gasteiger partial charge in [-0.1, -0.05) is 0 Å². The summed E-state index contributed by atoms with van der Waals surface area (Å²) in [6, 6.07) is 6.48. The summed E-state index contributed by atoms with van der Waals surface area (Å²) in [4.78, 5) is 0.217. The van der Waals surface area contributed by atoms with E-state index in [2.05, 4.69) is 4.72 Å². The zero-order chi connectivity index (χ0) is 14.4. The fraction of sp³-hybridized carbons (Fsp3) is 0.571. The third-order valence-corrected chi connectivity index (χ3v) is 4.84. The van der Waals surface area contributed by atoms with Crippen LogP contribution in [-0.2, 0) is 10.0 Å². The van der Waals surface area contributed by atoms with Crippen molar-refractivity contribution in [3.63, 3.8) is 0 Å². The number of hydrogen-bond acceptors (Lipinski definition) is 4. The van der Waals surface area contributed by atoms with E-state index in [1.165, 1.54) is 12.8 Å². The molecule has 1 aliphatic rings. The van der Waals surface area contributed by atoms with Crippen molar-refractivity contribution in [3.8, 4) is 5.75 Å². The van der Waals surface area contributed by atoms with Crippen LogP contribution in [0.4, 0.5) is 0 Å². The second-order valence-corrected chi connectivity index (χ2v) is 6.74. The van der Waals surface area contributed by atoms with Gasteiger partial charge in [-0.25, -0.2) is 13.1 Å². The van der Waals surface area contributed by atoms with E-state index < -0.39 is 10.0 Å². The van der Waals surface area contributed by atoms with E-state index in [1.54, 1.807) is 24.3 Å². The fourth-order valence-electron chi connectivity index (χ4n) is 2.26. The second-order valence-electron chi connectivity index (χ2n) is 4.97. The zero-order valence-electron chi connectivity index (χ0n) is 11.4. The number of aliphatic hydroxyl groups excluding tert-OH is 1. The molecule has 1 aromatic rings. The Balaban J connectivity index is 1.96. The highest BCUT2D eigenvalue weighted by molar-refractivity contribution is 7.89. The van der Waals surface area contributed by atoms with E-state index >= 15 is 0 Å². The van der Waals surface area contributed by atoms with Gasteiger partial charge >= 0.3 is 0 Å². The van der Waals surface area contributed by atoms with Gasteiger partial charge in [0.2, 0.25) is 10.0 Å². The maximum absolute atomic E-state index is 11.9. The minimum absolute atomic E-state index is 0.0311. The van der Waals surface area contributed by atoms with Crippen molar-refractivity contribution < 1.29 is 18.3 Å². The molecule has 1 aliphatic carbocycles. The monoisotopic (exact) mass is 299 g/mol. The minimum atomic E-state index is -3.49. The van der Waals surface area contributed by atoms with Crippen molar-refractivity contribution in [3.05, 3.63) is 24.3 Å². The van der Waals surface area contributed by atoms with Crippen LogP contribution in [0.3, 0.4) is 0 Å². The maximum Gasteiger partial charge on any atom is 0.240 e. The van der Waals surface area contributed by atoms with Gasteiger partial charge in [-0.05, 0) is 56.4 Å². The molecule has 0 unspecified atom stereocenters. The Morgan fingerprint density at radius 1 is 1.20 bits per heavy atom. The predicted octanol–water partition coefficient (Wildman–Crippen LogP) is 1.67. The first-order valence-electron chi connectivity index (χ1n) is 6.99. The Hall–Kier alpha value is -1.11. The van der Waals surface area contributed by atoms with Crippen LogP contribution in [0.25, 0.3) is 0 Å². The number of ether oxygens (including phenoxy) is 1. The van der Waals surface area contributed by atoms with Crippen LogP contribution in [-0.4, -0.2) is 32.8 Å². The van der Waals surface area contributed by atoms with Gasteiger partial charge in [0.05, 0.1) is 11.0 Å². The summed E-state index contributed by atoms with van der Waals surface area (Å²) in [6.07, 6.45) is 5.21. The molecule has 0 bridgehead atoms. The SMILES string of the molecule is O=S(=O)(NCCCO)c1ccc(OC2CCCC2)cc1. The van der Waals surface area contributed by atoms with Crippen LogP contribution in [0.5, 0.6) is 5.75 Å². The highest BCUT2D eigenvalue weighted by atomic mass is 32.2. The maximum atomic E-state index is 11.9. The average Bonchev–Trinajstić information content (AvgIpc) is 2.92. The summed E-state index contributed by atoms with van der Waals surface area (Å²) < 4.78 is 32.1. The first-order valence-corrected chi connectivity index (χ1v) is 8.47. The molecule has 0 heterocycles. The Morgan fingerprint density at radius 3 is 2.45 bits per heavy atom. The summed E-state index contributed by atoms with van der Waals surface area (Å²) in [5.41, 5.74) is 0. The molecule has 0 radical (unpaired) electrons. The lowest BCUT2D eigenvalue weighted by molar-refractivity contribution is 0.210. The highest BCUT2D eigenvalue weighted by Crippen LogP contribution is 2.24. The van der Waals surface area contributed by atoms with Crippen LogP contribution in [0.2, 0.25) is 0 Å². The first kappa shape index (κ1) is 15.3. The largest absolute Gasteiger partial charge is 0.490 e. The first-order chi connectivity index (χ1) is 9.62. The Labute approximate surface area is 120 Å². The zero-order valence-corrected chi connectivity index (χ0v) is 12.2. The third-order valence-electron chi connectivity index (χ3n) is 3.37. The molecule has 0 saturated heterocycles. The fourth-order valence-corrected chi connectivity index (χ4v) is 3.34. The summed E-state index contributed by atoms with van der Waals surface area (Å²) in [6.45, 7) is 0.204. The molecule has 5 nitrogen and oxygen atoms in total. The number of benzene rings is 1. The van der Waals surface area contributed by atoms with Crippen LogP contribution in [0.15, 0.2) is 29.2 Å². The van der Waals surface area contributed by atoms with E-state index in [0.717, 1.165) is 12.8 Å². The Morgan fingerprint density at radius 2 is 1.85 bits per heavy atom. The topological polar surface area (TPSA) is 75.6 Å². The third kappa shape index (κ3) is 4.19. The van der Waals surface area contributed by atoms with Gasteiger partial charge in [0.15, 0.2) is 0 Å². The van der Waals surface area contributed by atoms with Gasteiger partial charge in [0.25, 0.3) is 0 Å². The molecule has 1 aromatic carbocycles. The molecule has 112 valence electrons. The lowest BCUT2D eigenvalue weighted by Gasteiger charge is -2.13. The van der Waals surface area contributed by atoms with E-state index in [1.807, 2.05) is 0 Å². The summed E-state index contributed by atoms with van der Waals surface area (Å²) in [7, 11) is -3.49. The molecule has 0 aliphatic heterocycles. The molecular formula is C14H21NO4S. The van der Waals surface area contributed by atoms with E-state index in [-0.39, 0.29) is 24.2 Å². The molecule has 0 spiro atoms. The molecule has 0 atom stereocenters. The van der Waals surface area contributed by atoms with Crippen LogP contribution < -0.4 is 9.46 Å². The van der Waals surface area contributed by atoms with E-state index in [0.29, 0.717) is 12.2 Å². The van der Waals surface area contributed by atoms with Crippen molar-refractivity contribution in [2.24, 2.45) is 0 Å². The molecule has 6 heteroatoms. The predicted molar refractivity (Wildman–Crippen MR) is 76.2 cm³/mol. The minimum Gasteiger partial charge on any atom is -0.490 e. The van der Waals surface area contributed by atoms with E-state index in [9.17, 15) is 8.42 Å². The molecular weight excluding hydrogens is 278 g/mol. The molecule has 20 heavy (non-hydrogen) atoms. The lowest BCUT2D eigenvalue weighted by Crippen LogP contribution is -2.25. The van der Waals surface area contributed by atoms with Gasteiger partial charge < -0.3 is 9.84 Å². The average molecular weight is 299 g/mol. The van der Waals surface area contributed by atoms with Crippen molar-refractivity contribution in [2.45, 2.75) is 43.1 Å². The number of nitrogens with one attached hydrogen (secondary N) is 1. The van der Waals surface area contributed by atoms with Gasteiger partial charge in [-0.3, -0.25) is 0 Å². The van der Waals surface area contributed by atoms with E-state index in [4.69, 9.17) is 9.84 Å². The molecule has 1 fully saturated rings. The second kappa shape index (κ2) is 7.06. The van der Waals surface area contributed by atoms with Crippen LogP contribution in [0, 0.1) is 0 Å². The standard InChI is InChI=1S/C14H21NO4S/c16-11-3-10-15-20(17,18)14-8-6-13(7-9-14)19-12-4-1-2-5-12/h6-9,12,15-16H,1-5,10-11H2. The van der Waals surface area contributed by atoms with Crippen LogP contribution >= 0.6 is 0 Å². The van der Waals surface area contributed by atoms with Crippen molar-refractivity contribution in [1.82, 2.24) is 4.72 Å². The highest BCUT2D eigenvalue weighted by Gasteiger charge is 2.17. The number of hydrogen-bond donors (Lipinski definition) is 2. The Kier molecular flexibility index (Phi) is 5.39. The molecule has 0 amide bonds. The van der Waals surface area contributed by atoms with Crippen molar-refractivity contribution >= 4 is 10.0 Å². The van der Waals surface area contributed by atoms with Crippen molar-refractivity contribution in [1.29, 1.82) is 0 Å². The summed E-state index contributed by atoms with van der Waals surface area (Å²) >= 11 is 0. The quantitative estimate of drug-likeness (QED) is 0.751. The number of aliphatic hydroxyl groups is 1. The summed E-state index contributed by atoms with van der Waals surface area (Å²) in [5, 5.41) is 8.65. The summed E-state index contributed by atoms with van der Waals surface area (Å²) in [5.74, 6) is 0.714. The van der Waals surface area contributed by atoms with Crippen molar-refractivity contribution in [2.75, 3.05) is 13.2 Å². The smallest absolute Gasteiger partial charge is 0.240 e. The number of sulfonamides is 1. The van der Waals surface area contributed by atoms with Gasteiger partial charge in [-0.2, -0.15) is 0 Å². The molecule has 1 saturated carbocycles. The Bertz CT molecular complexity index is 506.